The summed E-state index contributed by atoms with van der Waals surface area (Å²) in [6.45, 7) is 1.90. The third kappa shape index (κ3) is 2.54. The lowest BCUT2D eigenvalue weighted by Crippen LogP contribution is -1.98. The Kier molecular flexibility index (Phi) is 3.00. The molecule has 0 radical (unpaired) electrons. The molecule has 0 unspecified atom stereocenters. The SMILES string of the molecule is Cc1ccc(S(=O)(=O)O)cc1-c1ccccc1. The summed E-state index contributed by atoms with van der Waals surface area (Å²) in [5, 5.41) is 0. The summed E-state index contributed by atoms with van der Waals surface area (Å²) in [5.41, 5.74) is 2.69. The average molecular weight is 248 g/mol. The first kappa shape index (κ1) is 11.8. The smallest absolute Gasteiger partial charge is 0.282 e. The first-order valence-electron chi connectivity index (χ1n) is 5.12. The van der Waals surface area contributed by atoms with Crippen molar-refractivity contribution in [2.24, 2.45) is 0 Å². The van der Waals surface area contributed by atoms with Gasteiger partial charge < -0.3 is 0 Å². The van der Waals surface area contributed by atoms with Crippen LogP contribution in [-0.2, 0) is 10.1 Å². The maximum Gasteiger partial charge on any atom is 0.294 e. The molecule has 0 amide bonds. The molecule has 4 heteroatoms. The number of hydrogen-bond acceptors (Lipinski definition) is 2. The van der Waals surface area contributed by atoms with Gasteiger partial charge in [-0.25, -0.2) is 0 Å². The summed E-state index contributed by atoms with van der Waals surface area (Å²) < 4.78 is 31.2. The van der Waals surface area contributed by atoms with Crippen LogP contribution in [0.25, 0.3) is 11.1 Å². The van der Waals surface area contributed by atoms with E-state index in [2.05, 4.69) is 0 Å². The summed E-state index contributed by atoms with van der Waals surface area (Å²) in [7, 11) is -4.15. The third-order valence-corrected chi connectivity index (χ3v) is 3.44. The zero-order chi connectivity index (χ0) is 12.5. The zero-order valence-corrected chi connectivity index (χ0v) is 10.1. The van der Waals surface area contributed by atoms with Gasteiger partial charge in [0.05, 0.1) is 4.90 Å². The fourth-order valence-electron chi connectivity index (χ4n) is 1.69. The molecule has 0 aromatic heterocycles. The van der Waals surface area contributed by atoms with Crippen LogP contribution in [0.2, 0.25) is 0 Å². The van der Waals surface area contributed by atoms with Gasteiger partial charge in [-0.15, -0.1) is 0 Å². The highest BCUT2D eigenvalue weighted by molar-refractivity contribution is 7.85. The van der Waals surface area contributed by atoms with E-state index in [0.29, 0.717) is 0 Å². The van der Waals surface area contributed by atoms with Gasteiger partial charge in [0, 0.05) is 0 Å². The lowest BCUT2D eigenvalue weighted by atomic mass is 10.0. The molecule has 0 saturated heterocycles. The fraction of sp³-hybridized carbons (Fsp3) is 0.0769. The van der Waals surface area contributed by atoms with Crippen molar-refractivity contribution >= 4 is 10.1 Å². The maximum absolute atomic E-state index is 11.1. The van der Waals surface area contributed by atoms with Crippen molar-refractivity contribution in [2.45, 2.75) is 11.8 Å². The number of benzene rings is 2. The summed E-state index contributed by atoms with van der Waals surface area (Å²) in [6.07, 6.45) is 0. The highest BCUT2D eigenvalue weighted by Gasteiger charge is 2.11. The quantitative estimate of drug-likeness (QED) is 0.831. The van der Waals surface area contributed by atoms with Gasteiger partial charge in [-0.05, 0) is 35.7 Å². The maximum atomic E-state index is 11.1. The van der Waals surface area contributed by atoms with E-state index in [-0.39, 0.29) is 4.90 Å². The van der Waals surface area contributed by atoms with Crippen molar-refractivity contribution in [3.05, 3.63) is 54.1 Å². The van der Waals surface area contributed by atoms with Crippen LogP contribution < -0.4 is 0 Å². The largest absolute Gasteiger partial charge is 0.294 e. The molecule has 17 heavy (non-hydrogen) atoms. The van der Waals surface area contributed by atoms with Gasteiger partial charge in [-0.2, -0.15) is 8.42 Å². The number of rotatable bonds is 2. The second kappa shape index (κ2) is 4.31. The first-order valence-corrected chi connectivity index (χ1v) is 6.56. The standard InChI is InChI=1S/C13H12O3S/c1-10-7-8-12(17(14,15)16)9-13(10)11-5-3-2-4-6-11/h2-9H,1H3,(H,14,15,16). The molecule has 0 aliphatic rings. The van der Waals surface area contributed by atoms with Crippen molar-refractivity contribution in [3.63, 3.8) is 0 Å². The first-order chi connectivity index (χ1) is 7.98. The van der Waals surface area contributed by atoms with Crippen molar-refractivity contribution < 1.29 is 13.0 Å². The monoisotopic (exact) mass is 248 g/mol. The molecule has 0 atom stereocenters. The molecule has 0 spiro atoms. The molecular weight excluding hydrogens is 236 g/mol. The van der Waals surface area contributed by atoms with E-state index in [4.69, 9.17) is 4.55 Å². The van der Waals surface area contributed by atoms with E-state index in [1.165, 1.54) is 12.1 Å². The van der Waals surface area contributed by atoms with Crippen LogP contribution in [0.5, 0.6) is 0 Å². The Labute approximate surface area is 100 Å². The van der Waals surface area contributed by atoms with Gasteiger partial charge in [-0.1, -0.05) is 36.4 Å². The molecule has 88 valence electrons. The predicted octanol–water partition coefficient (Wildman–Crippen LogP) is 2.91. The summed E-state index contributed by atoms with van der Waals surface area (Å²) in [4.78, 5) is -0.0815. The van der Waals surface area contributed by atoms with Gasteiger partial charge in [-0.3, -0.25) is 4.55 Å². The molecule has 3 nitrogen and oxygen atoms in total. The van der Waals surface area contributed by atoms with Gasteiger partial charge in [0.2, 0.25) is 0 Å². The molecule has 0 bridgehead atoms. The molecule has 0 aliphatic carbocycles. The Morgan fingerprint density at radius 2 is 1.65 bits per heavy atom. The molecule has 0 fully saturated rings. The Morgan fingerprint density at radius 1 is 1.00 bits per heavy atom. The highest BCUT2D eigenvalue weighted by Crippen LogP contribution is 2.25. The van der Waals surface area contributed by atoms with E-state index >= 15 is 0 Å². The van der Waals surface area contributed by atoms with E-state index < -0.39 is 10.1 Å². The van der Waals surface area contributed by atoms with Crippen LogP contribution in [0.1, 0.15) is 5.56 Å². The number of hydrogen-bond donors (Lipinski definition) is 1. The summed E-state index contributed by atoms with van der Waals surface area (Å²) in [5.74, 6) is 0. The topological polar surface area (TPSA) is 54.4 Å². The highest BCUT2D eigenvalue weighted by atomic mass is 32.2. The number of aryl methyl sites for hydroxylation is 1. The van der Waals surface area contributed by atoms with Crippen LogP contribution in [0.4, 0.5) is 0 Å². The zero-order valence-electron chi connectivity index (χ0n) is 9.29. The second-order valence-electron chi connectivity index (χ2n) is 3.82. The van der Waals surface area contributed by atoms with Crippen LogP contribution >= 0.6 is 0 Å². The lowest BCUT2D eigenvalue weighted by molar-refractivity contribution is 0.483. The lowest BCUT2D eigenvalue weighted by Gasteiger charge is -2.07. The Morgan fingerprint density at radius 3 is 2.24 bits per heavy atom. The fourth-order valence-corrected chi connectivity index (χ4v) is 2.20. The minimum atomic E-state index is -4.15. The van der Waals surface area contributed by atoms with E-state index in [1.807, 2.05) is 37.3 Å². The molecule has 2 aromatic carbocycles. The van der Waals surface area contributed by atoms with Crippen LogP contribution in [0.3, 0.4) is 0 Å². The van der Waals surface area contributed by atoms with Crippen molar-refractivity contribution in [3.8, 4) is 11.1 Å². The van der Waals surface area contributed by atoms with Gasteiger partial charge in [0.1, 0.15) is 0 Å². The van der Waals surface area contributed by atoms with Crippen LogP contribution in [0, 0.1) is 6.92 Å². The van der Waals surface area contributed by atoms with Crippen molar-refractivity contribution in [1.29, 1.82) is 0 Å². The molecule has 1 N–H and O–H groups in total. The normalized spacial score (nSPS) is 11.4. The molecular formula is C13H12O3S. The summed E-state index contributed by atoms with van der Waals surface area (Å²) in [6, 6.07) is 14.0. The minimum Gasteiger partial charge on any atom is -0.282 e. The molecule has 0 heterocycles. The van der Waals surface area contributed by atoms with Gasteiger partial charge in [0.15, 0.2) is 0 Å². The molecule has 2 rings (SSSR count). The molecule has 0 aliphatic heterocycles. The van der Waals surface area contributed by atoms with E-state index in [1.54, 1.807) is 6.07 Å². The third-order valence-electron chi connectivity index (χ3n) is 2.59. The van der Waals surface area contributed by atoms with Crippen molar-refractivity contribution in [2.75, 3.05) is 0 Å². The molecule has 2 aromatic rings. The summed E-state index contributed by atoms with van der Waals surface area (Å²) >= 11 is 0. The minimum absolute atomic E-state index is 0.0815. The van der Waals surface area contributed by atoms with E-state index in [9.17, 15) is 8.42 Å². The van der Waals surface area contributed by atoms with Gasteiger partial charge >= 0.3 is 0 Å². The van der Waals surface area contributed by atoms with Gasteiger partial charge in [0.25, 0.3) is 10.1 Å². The average Bonchev–Trinajstić information content (AvgIpc) is 2.29. The second-order valence-corrected chi connectivity index (χ2v) is 5.24. The predicted molar refractivity (Wildman–Crippen MR) is 66.4 cm³/mol. The van der Waals surface area contributed by atoms with Crippen LogP contribution in [0.15, 0.2) is 53.4 Å². The molecule has 0 saturated carbocycles. The Hall–Kier alpha value is -1.65. The van der Waals surface area contributed by atoms with Crippen LogP contribution in [-0.4, -0.2) is 13.0 Å². The van der Waals surface area contributed by atoms with Crippen molar-refractivity contribution in [1.82, 2.24) is 0 Å². The Balaban J connectivity index is 2.63. The van der Waals surface area contributed by atoms with E-state index in [0.717, 1.165) is 16.7 Å². The Bertz CT molecular complexity index is 631.